The van der Waals surface area contributed by atoms with Crippen molar-refractivity contribution in [1.82, 2.24) is 4.98 Å². The Labute approximate surface area is 99.8 Å². The van der Waals surface area contributed by atoms with Gasteiger partial charge in [-0.25, -0.2) is 4.98 Å². The molecular weight excluding hydrogens is 255 g/mol. The fourth-order valence-electron chi connectivity index (χ4n) is 1.27. The summed E-state index contributed by atoms with van der Waals surface area (Å²) in [5.74, 6) is 0.318. The molecule has 0 fully saturated rings. The molecule has 0 aliphatic heterocycles. The van der Waals surface area contributed by atoms with Gasteiger partial charge in [0.15, 0.2) is 0 Å². The molecule has 5 nitrogen and oxygen atoms in total. The number of hydrogen-bond acceptors (Lipinski definition) is 4. The Hall–Kier alpha value is -1.59. The molecule has 7 heteroatoms. The Balaban J connectivity index is 2.72. The number of furan rings is 1. The SMILES string of the molecule is O=[N+]([O-])c1c(-c2ccco2)cc(Cl)nc1Cl. The maximum absolute atomic E-state index is 10.8. The Morgan fingerprint density at radius 1 is 1.44 bits per heavy atom. The summed E-state index contributed by atoms with van der Waals surface area (Å²) in [6.07, 6.45) is 1.40. The summed E-state index contributed by atoms with van der Waals surface area (Å²) in [6.45, 7) is 0. The molecule has 82 valence electrons. The van der Waals surface area contributed by atoms with Gasteiger partial charge in [0.25, 0.3) is 0 Å². The molecule has 2 aromatic heterocycles. The van der Waals surface area contributed by atoms with Crippen LogP contribution in [0.4, 0.5) is 5.69 Å². The summed E-state index contributed by atoms with van der Waals surface area (Å²) in [6, 6.07) is 4.53. The smallest absolute Gasteiger partial charge is 0.317 e. The summed E-state index contributed by atoms with van der Waals surface area (Å²) < 4.78 is 5.07. The van der Waals surface area contributed by atoms with Crippen molar-refractivity contribution >= 4 is 28.9 Å². The fourth-order valence-corrected chi connectivity index (χ4v) is 1.77. The molecule has 2 rings (SSSR count). The van der Waals surface area contributed by atoms with Crippen LogP contribution in [-0.4, -0.2) is 9.91 Å². The van der Waals surface area contributed by atoms with Crippen LogP contribution in [0.3, 0.4) is 0 Å². The molecule has 0 bridgehead atoms. The second-order valence-corrected chi connectivity index (χ2v) is 3.61. The van der Waals surface area contributed by atoms with E-state index in [0.29, 0.717) is 5.76 Å². The molecular formula is C9H4Cl2N2O3. The number of pyridine rings is 1. The molecule has 0 atom stereocenters. The highest BCUT2D eigenvalue weighted by molar-refractivity contribution is 6.34. The van der Waals surface area contributed by atoms with Crippen molar-refractivity contribution in [2.75, 3.05) is 0 Å². The molecule has 0 unspecified atom stereocenters. The van der Waals surface area contributed by atoms with Gasteiger partial charge in [-0.3, -0.25) is 10.1 Å². The molecule has 0 saturated carbocycles. The molecule has 16 heavy (non-hydrogen) atoms. The third-order valence-corrected chi connectivity index (χ3v) is 2.35. The highest BCUT2D eigenvalue weighted by atomic mass is 35.5. The third-order valence-electron chi connectivity index (χ3n) is 1.89. The lowest BCUT2D eigenvalue weighted by molar-refractivity contribution is -0.384. The number of halogens is 2. The number of nitro groups is 1. The highest BCUT2D eigenvalue weighted by Crippen LogP contribution is 2.36. The molecule has 0 aliphatic carbocycles. The molecule has 0 aliphatic rings. The number of nitrogens with zero attached hydrogens (tertiary/aromatic N) is 2. The van der Waals surface area contributed by atoms with Crippen LogP contribution >= 0.6 is 23.2 Å². The molecule has 2 aromatic rings. The summed E-state index contributed by atoms with van der Waals surface area (Å²) >= 11 is 11.4. The second-order valence-electron chi connectivity index (χ2n) is 2.87. The average molecular weight is 259 g/mol. The Morgan fingerprint density at radius 2 is 2.19 bits per heavy atom. The first-order valence-electron chi connectivity index (χ1n) is 4.14. The first-order valence-corrected chi connectivity index (χ1v) is 4.89. The normalized spacial score (nSPS) is 10.4. The van der Waals surface area contributed by atoms with Crippen molar-refractivity contribution < 1.29 is 9.34 Å². The van der Waals surface area contributed by atoms with Crippen LogP contribution in [0.1, 0.15) is 0 Å². The zero-order valence-corrected chi connectivity index (χ0v) is 9.20. The predicted octanol–water partition coefficient (Wildman–Crippen LogP) is 3.56. The Bertz CT molecular complexity index is 540. The zero-order chi connectivity index (χ0) is 11.7. The van der Waals surface area contributed by atoms with Crippen molar-refractivity contribution in [1.29, 1.82) is 0 Å². The fraction of sp³-hybridized carbons (Fsp3) is 0. The standard InChI is InChI=1S/C9H4Cl2N2O3/c10-7-4-5(6-2-1-3-16-6)8(13(14)15)9(11)12-7/h1-4H. The van der Waals surface area contributed by atoms with E-state index in [9.17, 15) is 10.1 Å². The first kappa shape index (κ1) is 10.9. The van der Waals surface area contributed by atoms with E-state index in [4.69, 9.17) is 27.6 Å². The van der Waals surface area contributed by atoms with E-state index < -0.39 is 4.92 Å². The van der Waals surface area contributed by atoms with Crippen LogP contribution in [-0.2, 0) is 0 Å². The van der Waals surface area contributed by atoms with Gasteiger partial charge in [0, 0.05) is 0 Å². The average Bonchev–Trinajstić information content (AvgIpc) is 2.67. The third kappa shape index (κ3) is 1.87. The van der Waals surface area contributed by atoms with E-state index in [2.05, 4.69) is 4.98 Å². The Kier molecular flexibility index (Phi) is 2.80. The molecule has 0 N–H and O–H groups in total. The van der Waals surface area contributed by atoms with Crippen LogP contribution in [0.25, 0.3) is 11.3 Å². The van der Waals surface area contributed by atoms with Gasteiger partial charge in [-0.15, -0.1) is 0 Å². The summed E-state index contributed by atoms with van der Waals surface area (Å²) in [4.78, 5) is 13.8. The lowest BCUT2D eigenvalue weighted by Gasteiger charge is -2.01. The summed E-state index contributed by atoms with van der Waals surface area (Å²) in [7, 11) is 0. The maximum atomic E-state index is 10.8. The van der Waals surface area contributed by atoms with Gasteiger partial charge in [0.2, 0.25) is 5.15 Å². The van der Waals surface area contributed by atoms with Gasteiger partial charge in [-0.05, 0) is 18.2 Å². The number of aromatic nitrogens is 1. The molecule has 0 aromatic carbocycles. The van der Waals surface area contributed by atoms with E-state index in [1.807, 2.05) is 0 Å². The minimum absolute atomic E-state index is 0.0713. The van der Waals surface area contributed by atoms with Crippen LogP contribution in [0, 0.1) is 10.1 Å². The maximum Gasteiger partial charge on any atom is 0.317 e. The van der Waals surface area contributed by atoms with E-state index in [-0.39, 0.29) is 21.6 Å². The number of hydrogen-bond donors (Lipinski definition) is 0. The largest absolute Gasteiger partial charge is 0.464 e. The molecule has 2 heterocycles. The zero-order valence-electron chi connectivity index (χ0n) is 7.68. The van der Waals surface area contributed by atoms with Crippen molar-refractivity contribution in [3.05, 3.63) is 44.9 Å². The van der Waals surface area contributed by atoms with Crippen molar-refractivity contribution in [3.63, 3.8) is 0 Å². The lowest BCUT2D eigenvalue weighted by atomic mass is 10.2. The molecule has 0 amide bonds. The Morgan fingerprint density at radius 3 is 2.75 bits per heavy atom. The minimum atomic E-state index is -0.622. The van der Waals surface area contributed by atoms with Gasteiger partial charge in [0.1, 0.15) is 16.5 Å². The van der Waals surface area contributed by atoms with E-state index in [1.165, 1.54) is 12.3 Å². The van der Waals surface area contributed by atoms with Gasteiger partial charge in [0.05, 0.1) is 11.2 Å². The first-order chi connectivity index (χ1) is 7.59. The van der Waals surface area contributed by atoms with Gasteiger partial charge in [-0.1, -0.05) is 23.2 Å². The van der Waals surface area contributed by atoms with Crippen molar-refractivity contribution in [3.8, 4) is 11.3 Å². The van der Waals surface area contributed by atoms with Crippen LogP contribution in [0.2, 0.25) is 10.3 Å². The summed E-state index contributed by atoms with van der Waals surface area (Å²) in [5, 5.41) is 10.7. The summed E-state index contributed by atoms with van der Waals surface area (Å²) in [5.41, 5.74) is -0.110. The molecule has 0 radical (unpaired) electrons. The molecule has 0 saturated heterocycles. The molecule has 0 spiro atoms. The predicted molar refractivity (Wildman–Crippen MR) is 58.6 cm³/mol. The van der Waals surface area contributed by atoms with Crippen LogP contribution < -0.4 is 0 Å². The van der Waals surface area contributed by atoms with Gasteiger partial charge >= 0.3 is 5.69 Å². The van der Waals surface area contributed by atoms with Crippen molar-refractivity contribution in [2.45, 2.75) is 0 Å². The van der Waals surface area contributed by atoms with Crippen LogP contribution in [0.15, 0.2) is 28.9 Å². The minimum Gasteiger partial charge on any atom is -0.464 e. The van der Waals surface area contributed by atoms with Gasteiger partial charge in [-0.2, -0.15) is 0 Å². The lowest BCUT2D eigenvalue weighted by Crippen LogP contribution is -1.95. The quantitative estimate of drug-likeness (QED) is 0.469. The monoisotopic (exact) mass is 258 g/mol. The second kappa shape index (κ2) is 4.11. The van der Waals surface area contributed by atoms with E-state index in [0.717, 1.165) is 0 Å². The number of rotatable bonds is 2. The highest BCUT2D eigenvalue weighted by Gasteiger charge is 2.23. The van der Waals surface area contributed by atoms with Crippen molar-refractivity contribution in [2.24, 2.45) is 0 Å². The van der Waals surface area contributed by atoms with E-state index >= 15 is 0 Å². The van der Waals surface area contributed by atoms with E-state index in [1.54, 1.807) is 12.1 Å². The topological polar surface area (TPSA) is 69.2 Å². The van der Waals surface area contributed by atoms with Crippen LogP contribution in [0.5, 0.6) is 0 Å². The van der Waals surface area contributed by atoms with Gasteiger partial charge < -0.3 is 4.42 Å².